The number of hydrogen-bond donors (Lipinski definition) is 4. The van der Waals surface area contributed by atoms with Crippen molar-refractivity contribution >= 4 is 73.1 Å². The number of sulfonamides is 1. The van der Waals surface area contributed by atoms with Crippen LogP contribution in [0, 0.1) is 13.8 Å². The molecule has 1 fully saturated rings. The van der Waals surface area contributed by atoms with Gasteiger partial charge in [0.25, 0.3) is 15.9 Å². The number of carbonyl (C=O) groups is 1. The van der Waals surface area contributed by atoms with Crippen molar-refractivity contribution in [1.82, 2.24) is 14.8 Å². The van der Waals surface area contributed by atoms with E-state index >= 15 is 0 Å². The molecule has 0 aliphatic carbocycles. The summed E-state index contributed by atoms with van der Waals surface area (Å²) in [4.78, 5) is 21.8. The Labute approximate surface area is 394 Å². The summed E-state index contributed by atoms with van der Waals surface area (Å²) in [7, 11) is 2.20. The number of rotatable bonds is 18. The van der Waals surface area contributed by atoms with Crippen LogP contribution >= 0.6 is 23.4 Å². The zero-order valence-corrected chi connectivity index (χ0v) is 40.5. The van der Waals surface area contributed by atoms with E-state index in [-0.39, 0.29) is 16.8 Å². The maximum atomic E-state index is 13.6. The molecule has 12 nitrogen and oxygen atoms in total. The van der Waals surface area contributed by atoms with E-state index in [2.05, 4.69) is 68.4 Å². The van der Waals surface area contributed by atoms with Crippen LogP contribution in [0.1, 0.15) is 28.0 Å². The summed E-state index contributed by atoms with van der Waals surface area (Å²) in [6.07, 6.45) is 0.943. The topological polar surface area (TPSA) is 139 Å². The van der Waals surface area contributed by atoms with Gasteiger partial charge >= 0.3 is 0 Å². The van der Waals surface area contributed by atoms with E-state index in [0.29, 0.717) is 16.3 Å². The largest absolute Gasteiger partial charge is 0.381 e. The molecule has 1 saturated heterocycles. The van der Waals surface area contributed by atoms with Gasteiger partial charge in [0.1, 0.15) is 5.88 Å². The summed E-state index contributed by atoms with van der Waals surface area (Å²) in [5, 5.41) is 6.90. The zero-order chi connectivity index (χ0) is 46.3. The molecule has 0 radical (unpaired) electrons. The van der Waals surface area contributed by atoms with Gasteiger partial charge < -0.3 is 34.5 Å². The summed E-state index contributed by atoms with van der Waals surface area (Å²) in [5.74, 6) is 0.0653. The average Bonchev–Trinajstić information content (AvgIpc) is 3.56. The maximum Gasteiger partial charge on any atom is 0.261 e. The molecule has 1 amide bonds. The standard InChI is InChI=1S/C49H56ClN7O5S3/c1-34-30-44(22-23-45(34)52-40(24-25-54(3)4)32-63-43-12-7-6-8-13-43)65(61,62)53-39-18-20-41(21-19-39)56-26-28-57(29-27-56)42-11-9-10-37(31-42)47-46(49(58)51-33-64(59)60)35(2)55(5)48(47)36-14-16-38(50)17-15-36/h6-23,30-31,40,52-53H,24-29,32-33H2,1-5H3,(H,51,58)(H,59,60)/t40-/m1/s1. The number of aromatic nitrogens is 1. The van der Waals surface area contributed by atoms with Crippen molar-refractivity contribution < 1.29 is 22.0 Å². The van der Waals surface area contributed by atoms with E-state index in [9.17, 15) is 22.0 Å². The quantitative estimate of drug-likeness (QED) is 0.0488. The fraction of sp³-hybridized carbons (Fsp3) is 0.286. The van der Waals surface area contributed by atoms with E-state index in [4.69, 9.17) is 11.6 Å². The molecule has 0 bridgehead atoms. The number of amides is 1. The van der Waals surface area contributed by atoms with Gasteiger partial charge in [-0.3, -0.25) is 9.52 Å². The van der Waals surface area contributed by atoms with Crippen LogP contribution in [-0.2, 0) is 28.2 Å². The first-order valence-electron chi connectivity index (χ1n) is 21.4. The first-order chi connectivity index (χ1) is 31.2. The molecule has 1 unspecified atom stereocenters. The summed E-state index contributed by atoms with van der Waals surface area (Å²) < 4.78 is 52.9. The molecular weight excluding hydrogens is 898 g/mol. The van der Waals surface area contributed by atoms with E-state index in [1.54, 1.807) is 24.3 Å². The Balaban J connectivity index is 1.00. The number of nitrogens with one attached hydrogen (secondary N) is 3. The summed E-state index contributed by atoms with van der Waals surface area (Å²) in [6.45, 7) is 7.68. The highest BCUT2D eigenvalue weighted by molar-refractivity contribution is 7.99. The third-order valence-corrected chi connectivity index (χ3v) is 14.8. The smallest absolute Gasteiger partial charge is 0.261 e. The fourth-order valence-electron chi connectivity index (χ4n) is 8.07. The molecule has 65 heavy (non-hydrogen) atoms. The lowest BCUT2D eigenvalue weighted by molar-refractivity contribution is 0.0959. The number of thioether (sulfide) groups is 1. The van der Waals surface area contributed by atoms with Gasteiger partial charge in [0.05, 0.1) is 16.2 Å². The Bertz CT molecular complexity index is 2730. The van der Waals surface area contributed by atoms with Gasteiger partial charge in [-0.15, -0.1) is 11.8 Å². The number of nitrogens with zero attached hydrogens (tertiary/aromatic N) is 4. The first-order valence-corrected chi connectivity index (χ1v) is 25.5. The van der Waals surface area contributed by atoms with Crippen molar-refractivity contribution in [2.75, 3.05) is 78.3 Å². The fourth-order valence-corrected chi connectivity index (χ4v) is 10.6. The number of piperazine rings is 1. The summed E-state index contributed by atoms with van der Waals surface area (Å²) in [5.41, 5.74) is 8.69. The highest BCUT2D eigenvalue weighted by Gasteiger charge is 2.27. The SMILES string of the molecule is Cc1cc(S(=O)(=O)Nc2ccc(N3CCN(c4cccc(-c5c(C(=O)NCS(=O)O)c(C)n(C)c5-c5ccc(Cl)cc5)c4)CC3)cc2)ccc1N[C@H](CCN(C)C)CSc1ccccc1. The minimum absolute atomic E-state index is 0.193. The lowest BCUT2D eigenvalue weighted by Crippen LogP contribution is -2.46. The molecule has 1 aliphatic heterocycles. The van der Waals surface area contributed by atoms with Crippen molar-refractivity contribution in [3.05, 3.63) is 143 Å². The summed E-state index contributed by atoms with van der Waals surface area (Å²) >= 11 is 5.86. The van der Waals surface area contributed by atoms with Gasteiger partial charge in [-0.05, 0) is 136 Å². The molecular formula is C49H56ClN7O5S3. The van der Waals surface area contributed by atoms with Crippen LogP contribution in [0.15, 0.2) is 131 Å². The van der Waals surface area contributed by atoms with Crippen molar-refractivity contribution in [1.29, 1.82) is 0 Å². The second kappa shape index (κ2) is 21.3. The van der Waals surface area contributed by atoms with E-state index in [1.165, 1.54) is 4.90 Å². The Morgan fingerprint density at radius 2 is 1.52 bits per heavy atom. The van der Waals surface area contributed by atoms with Crippen molar-refractivity contribution in [3.63, 3.8) is 0 Å². The number of benzene rings is 5. The zero-order valence-electron chi connectivity index (χ0n) is 37.3. The van der Waals surface area contributed by atoms with Gasteiger partial charge in [-0.25, -0.2) is 12.6 Å². The molecule has 2 heterocycles. The van der Waals surface area contributed by atoms with Gasteiger partial charge in [0, 0.05) is 88.9 Å². The molecule has 0 saturated carbocycles. The number of anilines is 4. The monoisotopic (exact) mass is 953 g/mol. The van der Waals surface area contributed by atoms with E-state index < -0.39 is 27.0 Å². The Morgan fingerprint density at radius 3 is 2.17 bits per heavy atom. The first kappa shape index (κ1) is 47.7. The normalized spacial score (nSPS) is 14.0. The van der Waals surface area contributed by atoms with Gasteiger partial charge in [0.2, 0.25) is 0 Å². The molecule has 0 spiro atoms. The number of carbonyl (C=O) groups excluding carboxylic acids is 1. The van der Waals surface area contributed by atoms with Crippen LogP contribution in [0.4, 0.5) is 22.7 Å². The molecule has 7 rings (SSSR count). The lowest BCUT2D eigenvalue weighted by atomic mass is 9.96. The number of aryl methyl sites for hydroxylation is 1. The lowest BCUT2D eigenvalue weighted by Gasteiger charge is -2.37. The van der Waals surface area contributed by atoms with Crippen LogP contribution < -0.4 is 25.2 Å². The van der Waals surface area contributed by atoms with E-state index in [0.717, 1.165) is 95.6 Å². The van der Waals surface area contributed by atoms with Crippen LogP contribution in [0.25, 0.3) is 22.4 Å². The van der Waals surface area contributed by atoms with Crippen LogP contribution in [0.3, 0.4) is 0 Å². The third kappa shape index (κ3) is 11.9. The number of hydrogen-bond acceptors (Lipinski definition) is 9. The van der Waals surface area contributed by atoms with Crippen molar-refractivity contribution in [3.8, 4) is 22.4 Å². The van der Waals surface area contributed by atoms with Gasteiger partial charge in [-0.2, -0.15) is 0 Å². The maximum absolute atomic E-state index is 13.6. The summed E-state index contributed by atoms with van der Waals surface area (Å²) in [6, 6.07) is 38.9. The molecule has 1 aromatic heterocycles. The predicted molar refractivity (Wildman–Crippen MR) is 270 cm³/mol. The Morgan fingerprint density at radius 1 is 0.846 bits per heavy atom. The Hall–Kier alpha value is -5.29. The van der Waals surface area contributed by atoms with Crippen molar-refractivity contribution in [2.45, 2.75) is 36.1 Å². The highest BCUT2D eigenvalue weighted by Crippen LogP contribution is 2.40. The van der Waals surface area contributed by atoms with Crippen LogP contribution in [-0.4, -0.2) is 97.0 Å². The Kier molecular flexibility index (Phi) is 15.7. The molecule has 4 N–H and O–H groups in total. The van der Waals surface area contributed by atoms with E-state index in [1.807, 2.05) is 110 Å². The molecule has 342 valence electrons. The molecule has 5 aromatic carbocycles. The van der Waals surface area contributed by atoms with Gasteiger partial charge in [-0.1, -0.05) is 54.1 Å². The molecule has 1 aliphatic rings. The third-order valence-electron chi connectivity index (χ3n) is 11.6. The van der Waals surface area contributed by atoms with Crippen LogP contribution in [0.2, 0.25) is 5.02 Å². The second-order valence-electron chi connectivity index (χ2n) is 16.4. The number of halogens is 1. The van der Waals surface area contributed by atoms with Gasteiger partial charge in [0.15, 0.2) is 11.1 Å². The predicted octanol–water partition coefficient (Wildman–Crippen LogP) is 9.19. The van der Waals surface area contributed by atoms with Crippen LogP contribution in [0.5, 0.6) is 0 Å². The van der Waals surface area contributed by atoms with Crippen molar-refractivity contribution in [2.24, 2.45) is 7.05 Å². The minimum Gasteiger partial charge on any atom is -0.381 e. The highest BCUT2D eigenvalue weighted by atomic mass is 35.5. The molecule has 2 atom stereocenters. The minimum atomic E-state index is -3.84. The molecule has 6 aromatic rings. The average molecular weight is 955 g/mol. The molecule has 16 heteroatoms. The second-order valence-corrected chi connectivity index (χ2v) is 20.6.